The number of aromatic nitrogens is 6. The Morgan fingerprint density at radius 3 is 2.60 bits per heavy atom. The Bertz CT molecular complexity index is 1370. The molecule has 0 aliphatic carbocycles. The lowest BCUT2D eigenvalue weighted by atomic mass is 10.3. The van der Waals surface area contributed by atoms with E-state index in [0.29, 0.717) is 17.5 Å². The lowest BCUT2D eigenvalue weighted by Gasteiger charge is -2.06. The molecule has 1 amide bonds. The third-order valence-electron chi connectivity index (χ3n) is 4.75. The number of aryl methyl sites for hydroxylation is 1. The van der Waals surface area contributed by atoms with Crippen molar-refractivity contribution >= 4 is 45.9 Å². The van der Waals surface area contributed by atoms with E-state index in [2.05, 4.69) is 20.6 Å². The number of hydrogen-bond donors (Lipinski definition) is 1. The number of carbonyl (C=O) groups is 1. The molecule has 5 rings (SSSR count). The summed E-state index contributed by atoms with van der Waals surface area (Å²) in [6, 6.07) is 15.3. The SMILES string of the molecule is CCOc1ccc(NC(=O)CSc2nnc3n2nc2n(C)c4ccccc4n23)cc1. The number of nitrogens with one attached hydrogen (secondary N) is 1. The summed E-state index contributed by atoms with van der Waals surface area (Å²) in [7, 11) is 1.97. The first kappa shape index (κ1) is 18.5. The first-order valence-electron chi connectivity index (χ1n) is 9.48. The van der Waals surface area contributed by atoms with Crippen molar-refractivity contribution in [2.24, 2.45) is 7.05 Å². The molecule has 152 valence electrons. The van der Waals surface area contributed by atoms with Crippen LogP contribution in [0.5, 0.6) is 5.75 Å². The Morgan fingerprint density at radius 1 is 1.07 bits per heavy atom. The summed E-state index contributed by atoms with van der Waals surface area (Å²) in [4.78, 5) is 12.4. The molecule has 3 heterocycles. The van der Waals surface area contributed by atoms with E-state index < -0.39 is 0 Å². The second-order valence-corrected chi connectivity index (χ2v) is 7.61. The molecule has 0 fully saturated rings. The van der Waals surface area contributed by atoms with E-state index in [4.69, 9.17) is 4.74 Å². The highest BCUT2D eigenvalue weighted by Gasteiger charge is 2.19. The fourth-order valence-corrected chi connectivity index (χ4v) is 4.08. The van der Waals surface area contributed by atoms with E-state index >= 15 is 0 Å². The molecule has 10 heteroatoms. The van der Waals surface area contributed by atoms with Crippen LogP contribution in [0.2, 0.25) is 0 Å². The van der Waals surface area contributed by atoms with Crippen LogP contribution in [0.3, 0.4) is 0 Å². The van der Waals surface area contributed by atoms with Crippen LogP contribution in [0.1, 0.15) is 6.92 Å². The van der Waals surface area contributed by atoms with Crippen molar-refractivity contribution in [1.82, 2.24) is 28.8 Å². The Kier molecular flexibility index (Phi) is 4.55. The molecule has 2 aromatic carbocycles. The number of para-hydroxylation sites is 2. The van der Waals surface area contributed by atoms with Gasteiger partial charge in [-0.2, -0.15) is 4.52 Å². The molecule has 0 bridgehead atoms. The minimum Gasteiger partial charge on any atom is -0.494 e. The number of hydrogen-bond acceptors (Lipinski definition) is 6. The molecule has 0 aliphatic heterocycles. The van der Waals surface area contributed by atoms with Crippen LogP contribution in [-0.4, -0.2) is 47.0 Å². The Balaban J connectivity index is 1.34. The summed E-state index contributed by atoms with van der Waals surface area (Å²) in [5.41, 5.74) is 2.79. The quantitative estimate of drug-likeness (QED) is 0.424. The maximum atomic E-state index is 12.4. The smallest absolute Gasteiger partial charge is 0.260 e. The molecular formula is C20H19N7O2S. The summed E-state index contributed by atoms with van der Waals surface area (Å²) in [6.45, 7) is 2.54. The van der Waals surface area contributed by atoms with Gasteiger partial charge in [-0.15, -0.1) is 15.3 Å². The first-order valence-corrected chi connectivity index (χ1v) is 10.5. The lowest BCUT2D eigenvalue weighted by molar-refractivity contribution is -0.113. The van der Waals surface area contributed by atoms with Gasteiger partial charge in [0.25, 0.3) is 5.78 Å². The third kappa shape index (κ3) is 3.05. The summed E-state index contributed by atoms with van der Waals surface area (Å²) in [6.07, 6.45) is 0. The number of thioether (sulfide) groups is 1. The standard InChI is InChI=1S/C20H19N7O2S/c1-3-29-14-10-8-13(9-11-14)21-17(28)12-30-20-23-22-18-26-16-7-5-4-6-15(16)25(2)19(26)24-27(18)20/h4-11H,3,12H2,1-2H3,(H,21,28). The molecule has 0 spiro atoms. The number of anilines is 1. The van der Waals surface area contributed by atoms with Gasteiger partial charge in [0.15, 0.2) is 0 Å². The van der Waals surface area contributed by atoms with E-state index in [1.54, 1.807) is 4.52 Å². The number of imidazole rings is 1. The molecule has 1 N–H and O–H groups in total. The van der Waals surface area contributed by atoms with Crippen LogP contribution in [0, 0.1) is 0 Å². The average Bonchev–Trinajstić information content (AvgIpc) is 3.40. The van der Waals surface area contributed by atoms with Crippen molar-refractivity contribution < 1.29 is 9.53 Å². The number of carbonyl (C=O) groups excluding carboxylic acids is 1. The predicted molar refractivity (Wildman–Crippen MR) is 115 cm³/mol. The van der Waals surface area contributed by atoms with Gasteiger partial charge < -0.3 is 14.6 Å². The monoisotopic (exact) mass is 421 g/mol. The number of amides is 1. The largest absolute Gasteiger partial charge is 0.494 e. The van der Waals surface area contributed by atoms with Crippen molar-refractivity contribution in [3.63, 3.8) is 0 Å². The number of nitrogens with zero attached hydrogens (tertiary/aromatic N) is 6. The van der Waals surface area contributed by atoms with Crippen LogP contribution in [0.25, 0.3) is 22.6 Å². The summed E-state index contributed by atoms with van der Waals surface area (Å²) in [5.74, 6) is 2.23. The van der Waals surface area contributed by atoms with Gasteiger partial charge in [0.2, 0.25) is 16.8 Å². The van der Waals surface area contributed by atoms with Crippen LogP contribution < -0.4 is 10.1 Å². The highest BCUT2D eigenvalue weighted by Crippen LogP contribution is 2.24. The zero-order valence-corrected chi connectivity index (χ0v) is 17.3. The van der Waals surface area contributed by atoms with Crippen molar-refractivity contribution in [1.29, 1.82) is 0 Å². The van der Waals surface area contributed by atoms with E-state index in [1.807, 2.05) is 71.5 Å². The molecule has 5 aromatic rings. The highest BCUT2D eigenvalue weighted by atomic mass is 32.2. The van der Waals surface area contributed by atoms with E-state index in [1.165, 1.54) is 11.8 Å². The molecule has 0 saturated carbocycles. The van der Waals surface area contributed by atoms with Crippen molar-refractivity contribution in [3.8, 4) is 5.75 Å². The molecule has 0 atom stereocenters. The number of ether oxygens (including phenoxy) is 1. The van der Waals surface area contributed by atoms with Crippen molar-refractivity contribution in [2.75, 3.05) is 17.7 Å². The molecule has 0 aliphatic rings. The number of rotatable bonds is 6. The maximum Gasteiger partial charge on any atom is 0.260 e. The molecular weight excluding hydrogens is 402 g/mol. The van der Waals surface area contributed by atoms with Gasteiger partial charge in [0.05, 0.1) is 23.4 Å². The molecule has 9 nitrogen and oxygen atoms in total. The Morgan fingerprint density at radius 2 is 1.83 bits per heavy atom. The van der Waals surface area contributed by atoms with Crippen LogP contribution >= 0.6 is 11.8 Å². The van der Waals surface area contributed by atoms with Crippen LogP contribution in [0.4, 0.5) is 5.69 Å². The molecule has 3 aromatic heterocycles. The number of fused-ring (bicyclic) bond motifs is 5. The lowest BCUT2D eigenvalue weighted by Crippen LogP contribution is -2.14. The van der Waals surface area contributed by atoms with Gasteiger partial charge in [0, 0.05) is 12.7 Å². The van der Waals surface area contributed by atoms with Crippen LogP contribution in [-0.2, 0) is 11.8 Å². The van der Waals surface area contributed by atoms with E-state index in [9.17, 15) is 4.79 Å². The average molecular weight is 421 g/mol. The van der Waals surface area contributed by atoms with Gasteiger partial charge in [-0.1, -0.05) is 23.9 Å². The first-order chi connectivity index (χ1) is 14.7. The Labute approximate surface area is 175 Å². The van der Waals surface area contributed by atoms with Gasteiger partial charge in [-0.3, -0.25) is 4.79 Å². The fraction of sp³-hybridized carbons (Fsp3) is 0.200. The van der Waals surface area contributed by atoms with E-state index in [0.717, 1.165) is 28.2 Å². The fourth-order valence-electron chi connectivity index (χ4n) is 3.40. The zero-order valence-electron chi connectivity index (χ0n) is 16.4. The van der Waals surface area contributed by atoms with Gasteiger partial charge in [-0.05, 0) is 43.3 Å². The maximum absolute atomic E-state index is 12.4. The summed E-state index contributed by atoms with van der Waals surface area (Å²) in [5, 5.41) is 16.6. The second-order valence-electron chi connectivity index (χ2n) is 6.67. The molecule has 30 heavy (non-hydrogen) atoms. The van der Waals surface area contributed by atoms with Gasteiger partial charge >= 0.3 is 0 Å². The molecule has 0 radical (unpaired) electrons. The summed E-state index contributed by atoms with van der Waals surface area (Å²) >= 11 is 1.29. The molecule has 0 saturated heterocycles. The van der Waals surface area contributed by atoms with Gasteiger partial charge in [-0.25, -0.2) is 4.40 Å². The van der Waals surface area contributed by atoms with Gasteiger partial charge in [0.1, 0.15) is 5.75 Å². The second kappa shape index (κ2) is 7.38. The summed E-state index contributed by atoms with van der Waals surface area (Å²) < 4.78 is 11.1. The van der Waals surface area contributed by atoms with Crippen molar-refractivity contribution in [3.05, 3.63) is 48.5 Å². The number of benzene rings is 2. The molecule has 0 unspecified atom stereocenters. The minimum atomic E-state index is -0.130. The highest BCUT2D eigenvalue weighted by molar-refractivity contribution is 7.99. The van der Waals surface area contributed by atoms with E-state index in [-0.39, 0.29) is 11.7 Å². The minimum absolute atomic E-state index is 0.130. The topological polar surface area (TPSA) is 90.8 Å². The predicted octanol–water partition coefficient (Wildman–Crippen LogP) is 3.00. The normalized spacial score (nSPS) is 11.5. The third-order valence-corrected chi connectivity index (χ3v) is 5.67. The zero-order chi connectivity index (χ0) is 20.7. The Hall–Kier alpha value is -3.53. The van der Waals surface area contributed by atoms with Crippen LogP contribution in [0.15, 0.2) is 53.7 Å². The van der Waals surface area contributed by atoms with Crippen molar-refractivity contribution in [2.45, 2.75) is 12.1 Å².